The van der Waals surface area contributed by atoms with E-state index < -0.39 is 0 Å². The van der Waals surface area contributed by atoms with Crippen molar-refractivity contribution in [3.05, 3.63) is 42.6 Å². The standard InChI is InChI=1S/C17H20N4O3/c1-20(2)15-10-18-11-16(19-15)24-14-7-8-21(12-14)17(22)6-5-13-4-3-9-23-13/h3-6,9-11,14H,7-8,12H2,1-2H3/b6-5+. The molecule has 0 bridgehead atoms. The van der Waals surface area contributed by atoms with Crippen molar-refractivity contribution in [1.29, 1.82) is 0 Å². The summed E-state index contributed by atoms with van der Waals surface area (Å²) in [5.74, 6) is 1.82. The number of likely N-dealkylation sites (tertiary alicyclic amines) is 1. The van der Waals surface area contributed by atoms with Gasteiger partial charge in [-0.2, -0.15) is 4.98 Å². The highest BCUT2D eigenvalue weighted by Crippen LogP contribution is 2.18. The molecule has 0 radical (unpaired) electrons. The first kappa shape index (κ1) is 16.0. The zero-order chi connectivity index (χ0) is 16.9. The quantitative estimate of drug-likeness (QED) is 0.780. The molecule has 0 N–H and O–H groups in total. The number of amides is 1. The summed E-state index contributed by atoms with van der Waals surface area (Å²) >= 11 is 0. The Morgan fingerprint density at radius 1 is 1.46 bits per heavy atom. The van der Waals surface area contributed by atoms with Gasteiger partial charge in [-0.3, -0.25) is 9.78 Å². The molecular weight excluding hydrogens is 308 g/mol. The lowest BCUT2D eigenvalue weighted by molar-refractivity contribution is -0.125. The molecule has 24 heavy (non-hydrogen) atoms. The maximum atomic E-state index is 12.2. The second-order valence-corrected chi connectivity index (χ2v) is 5.77. The van der Waals surface area contributed by atoms with E-state index >= 15 is 0 Å². The number of hydrogen-bond donors (Lipinski definition) is 0. The lowest BCUT2D eigenvalue weighted by atomic mass is 10.3. The summed E-state index contributed by atoms with van der Waals surface area (Å²) in [6.07, 6.45) is 8.74. The fourth-order valence-electron chi connectivity index (χ4n) is 2.45. The molecule has 7 nitrogen and oxygen atoms in total. The van der Waals surface area contributed by atoms with E-state index in [2.05, 4.69) is 9.97 Å². The van der Waals surface area contributed by atoms with Crippen LogP contribution in [0.1, 0.15) is 12.2 Å². The fourth-order valence-corrected chi connectivity index (χ4v) is 2.45. The van der Waals surface area contributed by atoms with Crippen LogP contribution in [0, 0.1) is 0 Å². The van der Waals surface area contributed by atoms with Crippen LogP contribution in [-0.4, -0.2) is 54.1 Å². The zero-order valence-corrected chi connectivity index (χ0v) is 13.8. The monoisotopic (exact) mass is 328 g/mol. The molecule has 1 atom stereocenters. The van der Waals surface area contributed by atoms with Gasteiger partial charge in [0.15, 0.2) is 5.82 Å². The number of hydrogen-bond acceptors (Lipinski definition) is 6. The van der Waals surface area contributed by atoms with E-state index in [1.54, 1.807) is 41.8 Å². The molecule has 0 saturated carbocycles. The van der Waals surface area contributed by atoms with Crippen molar-refractivity contribution in [2.24, 2.45) is 0 Å². The van der Waals surface area contributed by atoms with Crippen LogP contribution in [0.4, 0.5) is 5.82 Å². The molecule has 0 aliphatic carbocycles. The van der Waals surface area contributed by atoms with Gasteiger partial charge in [-0.1, -0.05) is 0 Å². The number of aromatic nitrogens is 2. The van der Waals surface area contributed by atoms with Crippen molar-refractivity contribution in [3.8, 4) is 5.88 Å². The Kier molecular flexibility index (Phi) is 4.79. The van der Waals surface area contributed by atoms with E-state index in [1.165, 1.54) is 6.08 Å². The van der Waals surface area contributed by atoms with Gasteiger partial charge in [0, 0.05) is 33.1 Å². The van der Waals surface area contributed by atoms with Crippen LogP contribution in [0.2, 0.25) is 0 Å². The molecule has 1 saturated heterocycles. The van der Waals surface area contributed by atoms with E-state index in [4.69, 9.17) is 9.15 Å². The molecule has 126 valence electrons. The van der Waals surface area contributed by atoms with Gasteiger partial charge < -0.3 is 19.0 Å². The highest BCUT2D eigenvalue weighted by Gasteiger charge is 2.27. The molecule has 3 rings (SSSR count). The van der Waals surface area contributed by atoms with Crippen molar-refractivity contribution in [2.75, 3.05) is 32.1 Å². The van der Waals surface area contributed by atoms with Crippen molar-refractivity contribution in [3.63, 3.8) is 0 Å². The van der Waals surface area contributed by atoms with Crippen LogP contribution in [0.15, 0.2) is 41.3 Å². The first-order valence-corrected chi connectivity index (χ1v) is 7.78. The minimum absolute atomic E-state index is 0.0503. The number of carbonyl (C=O) groups excluding carboxylic acids is 1. The van der Waals surface area contributed by atoms with E-state index in [0.717, 1.165) is 12.2 Å². The predicted molar refractivity (Wildman–Crippen MR) is 89.7 cm³/mol. The number of rotatable bonds is 5. The van der Waals surface area contributed by atoms with Crippen LogP contribution < -0.4 is 9.64 Å². The number of ether oxygens (including phenoxy) is 1. The van der Waals surface area contributed by atoms with Gasteiger partial charge in [0.25, 0.3) is 0 Å². The van der Waals surface area contributed by atoms with Crippen LogP contribution in [0.25, 0.3) is 6.08 Å². The maximum Gasteiger partial charge on any atom is 0.246 e. The summed E-state index contributed by atoms with van der Waals surface area (Å²) < 4.78 is 11.0. The van der Waals surface area contributed by atoms with Crippen LogP contribution in [-0.2, 0) is 4.79 Å². The average Bonchev–Trinajstić information content (AvgIpc) is 3.24. The van der Waals surface area contributed by atoms with Gasteiger partial charge in [0.2, 0.25) is 11.8 Å². The Balaban J connectivity index is 1.55. The zero-order valence-electron chi connectivity index (χ0n) is 13.8. The first-order chi connectivity index (χ1) is 11.6. The van der Waals surface area contributed by atoms with Crippen molar-refractivity contribution in [1.82, 2.24) is 14.9 Å². The smallest absolute Gasteiger partial charge is 0.246 e. The normalized spacial score (nSPS) is 17.4. The predicted octanol–water partition coefficient (Wildman–Crippen LogP) is 1.83. The Morgan fingerprint density at radius 3 is 3.08 bits per heavy atom. The fraction of sp³-hybridized carbons (Fsp3) is 0.353. The number of nitrogens with zero attached hydrogens (tertiary/aromatic N) is 4. The van der Waals surface area contributed by atoms with E-state index in [-0.39, 0.29) is 12.0 Å². The summed E-state index contributed by atoms with van der Waals surface area (Å²) in [4.78, 5) is 24.3. The lowest BCUT2D eigenvalue weighted by Gasteiger charge is -2.16. The SMILES string of the molecule is CN(C)c1cncc(OC2CCN(C(=O)/C=C/c3ccco3)C2)n1. The Labute approximate surface area is 140 Å². The third-order valence-corrected chi connectivity index (χ3v) is 3.74. The van der Waals surface area contributed by atoms with Gasteiger partial charge in [-0.25, -0.2) is 0 Å². The highest BCUT2D eigenvalue weighted by molar-refractivity contribution is 5.91. The molecule has 2 aromatic heterocycles. The summed E-state index contributed by atoms with van der Waals surface area (Å²) in [5, 5.41) is 0. The first-order valence-electron chi connectivity index (χ1n) is 7.78. The Hall–Kier alpha value is -2.83. The molecule has 7 heteroatoms. The van der Waals surface area contributed by atoms with Gasteiger partial charge in [0.05, 0.1) is 25.2 Å². The number of furan rings is 1. The van der Waals surface area contributed by atoms with E-state index in [1.807, 2.05) is 19.0 Å². The van der Waals surface area contributed by atoms with Gasteiger partial charge in [-0.05, 0) is 18.2 Å². The molecule has 0 aromatic carbocycles. The molecule has 1 aliphatic heterocycles. The van der Waals surface area contributed by atoms with Gasteiger partial charge >= 0.3 is 0 Å². The number of carbonyl (C=O) groups is 1. The topological polar surface area (TPSA) is 71.7 Å². The van der Waals surface area contributed by atoms with Gasteiger partial charge in [-0.15, -0.1) is 0 Å². The molecule has 1 amide bonds. The molecule has 1 unspecified atom stereocenters. The second-order valence-electron chi connectivity index (χ2n) is 5.77. The molecule has 2 aromatic rings. The third kappa shape index (κ3) is 3.92. The minimum Gasteiger partial charge on any atom is -0.471 e. The lowest BCUT2D eigenvalue weighted by Crippen LogP contribution is -2.29. The van der Waals surface area contributed by atoms with Crippen molar-refractivity contribution < 1.29 is 13.9 Å². The summed E-state index contributed by atoms with van der Waals surface area (Å²) in [5.41, 5.74) is 0. The van der Waals surface area contributed by atoms with Crippen molar-refractivity contribution in [2.45, 2.75) is 12.5 Å². The Bertz CT molecular complexity index is 712. The Morgan fingerprint density at radius 2 is 2.33 bits per heavy atom. The minimum atomic E-state index is -0.0716. The number of anilines is 1. The largest absolute Gasteiger partial charge is 0.471 e. The third-order valence-electron chi connectivity index (χ3n) is 3.74. The molecule has 0 spiro atoms. The highest BCUT2D eigenvalue weighted by atomic mass is 16.5. The second kappa shape index (κ2) is 7.16. The van der Waals surface area contributed by atoms with E-state index in [0.29, 0.717) is 24.7 Å². The van der Waals surface area contributed by atoms with Crippen LogP contribution >= 0.6 is 0 Å². The molecule has 1 aliphatic rings. The van der Waals surface area contributed by atoms with Crippen molar-refractivity contribution >= 4 is 17.8 Å². The van der Waals surface area contributed by atoms with Crippen LogP contribution in [0.5, 0.6) is 5.88 Å². The molecule has 1 fully saturated rings. The van der Waals surface area contributed by atoms with Gasteiger partial charge in [0.1, 0.15) is 11.9 Å². The maximum absolute atomic E-state index is 12.2. The molecule has 3 heterocycles. The summed E-state index contributed by atoms with van der Waals surface area (Å²) in [7, 11) is 3.80. The summed E-state index contributed by atoms with van der Waals surface area (Å²) in [6.45, 7) is 1.20. The average molecular weight is 328 g/mol. The summed E-state index contributed by atoms with van der Waals surface area (Å²) in [6, 6.07) is 3.59. The van der Waals surface area contributed by atoms with Crippen LogP contribution in [0.3, 0.4) is 0 Å². The van der Waals surface area contributed by atoms with E-state index in [9.17, 15) is 4.79 Å². The molecular formula is C17H20N4O3.